The van der Waals surface area contributed by atoms with E-state index in [1.54, 1.807) is 11.3 Å². The van der Waals surface area contributed by atoms with Gasteiger partial charge in [0.25, 0.3) is 5.56 Å². The molecule has 0 aliphatic heterocycles. The van der Waals surface area contributed by atoms with Gasteiger partial charge in [0.15, 0.2) is 0 Å². The molecule has 3 aromatic rings. The van der Waals surface area contributed by atoms with Gasteiger partial charge in [0.2, 0.25) is 0 Å². The largest absolute Gasteiger partial charge is 0.277 e. The van der Waals surface area contributed by atoms with Gasteiger partial charge >= 0.3 is 0 Å². The normalized spacial score (nSPS) is 11.6. The Labute approximate surface area is 86.3 Å². The van der Waals surface area contributed by atoms with E-state index in [0.29, 0.717) is 5.69 Å². The van der Waals surface area contributed by atoms with Gasteiger partial charge in [-0.05, 0) is 26.0 Å². The minimum absolute atomic E-state index is 0.0128. The van der Waals surface area contributed by atoms with E-state index < -0.39 is 0 Å². The van der Waals surface area contributed by atoms with Crippen LogP contribution in [-0.2, 0) is 0 Å². The highest BCUT2D eigenvalue weighted by molar-refractivity contribution is 5.94. The first-order chi connectivity index (χ1) is 7.18. The molecule has 3 rings (SSSR count). The van der Waals surface area contributed by atoms with Crippen LogP contribution < -0.4 is 5.56 Å². The zero-order valence-electron chi connectivity index (χ0n) is 8.61. The van der Waals surface area contributed by atoms with Gasteiger partial charge in [0.1, 0.15) is 5.69 Å². The first kappa shape index (κ1) is 8.41. The molecule has 0 aliphatic rings. The first-order valence-corrected chi connectivity index (χ1v) is 4.89. The molecule has 0 N–H and O–H groups in total. The topological polar surface area (TPSA) is 34.4 Å². The molecular weight excluding hydrogens is 188 g/mol. The van der Waals surface area contributed by atoms with E-state index in [0.717, 1.165) is 22.1 Å². The van der Waals surface area contributed by atoms with Crippen LogP contribution in [0.15, 0.2) is 29.1 Å². The summed E-state index contributed by atoms with van der Waals surface area (Å²) in [4.78, 5) is 16.2. The summed E-state index contributed by atoms with van der Waals surface area (Å²) in [6, 6.07) is 7.93. The van der Waals surface area contributed by atoms with Crippen molar-refractivity contribution in [1.29, 1.82) is 0 Å². The molecule has 0 saturated carbocycles. The lowest BCUT2D eigenvalue weighted by Gasteiger charge is -2.01. The van der Waals surface area contributed by atoms with Crippen molar-refractivity contribution in [2.75, 3.05) is 0 Å². The van der Waals surface area contributed by atoms with Crippen LogP contribution in [0, 0.1) is 13.8 Å². The Morgan fingerprint density at radius 1 is 1.27 bits per heavy atom. The molecule has 3 nitrogen and oxygen atoms in total. The lowest BCUT2D eigenvalue weighted by atomic mass is 10.2. The van der Waals surface area contributed by atoms with Crippen molar-refractivity contribution in [2.45, 2.75) is 13.8 Å². The minimum Gasteiger partial charge on any atom is -0.277 e. The van der Waals surface area contributed by atoms with Crippen molar-refractivity contribution in [3.63, 3.8) is 0 Å². The van der Waals surface area contributed by atoms with Crippen LogP contribution in [0.1, 0.15) is 11.4 Å². The molecule has 0 aliphatic carbocycles. The summed E-state index contributed by atoms with van der Waals surface area (Å²) in [7, 11) is 0. The lowest BCUT2D eigenvalue weighted by molar-refractivity contribution is 0.999. The molecule has 0 unspecified atom stereocenters. The van der Waals surface area contributed by atoms with Crippen LogP contribution in [-0.4, -0.2) is 9.38 Å². The number of aromatic nitrogens is 2. The van der Waals surface area contributed by atoms with Gasteiger partial charge in [-0.15, -0.1) is 0 Å². The zero-order chi connectivity index (χ0) is 10.6. The van der Waals surface area contributed by atoms with Gasteiger partial charge in [-0.25, -0.2) is 4.98 Å². The van der Waals surface area contributed by atoms with E-state index in [2.05, 4.69) is 4.98 Å². The van der Waals surface area contributed by atoms with Crippen LogP contribution in [0.25, 0.3) is 16.4 Å². The van der Waals surface area contributed by atoms with Crippen LogP contribution in [0.4, 0.5) is 0 Å². The lowest BCUT2D eigenvalue weighted by Crippen LogP contribution is -2.18. The first-order valence-electron chi connectivity index (χ1n) is 4.89. The number of nitrogens with zero attached hydrogens (tertiary/aromatic N) is 2. The number of hydrogen-bond donors (Lipinski definition) is 0. The summed E-state index contributed by atoms with van der Waals surface area (Å²) in [5.74, 6) is 0. The van der Waals surface area contributed by atoms with E-state index in [1.807, 2.05) is 31.2 Å². The Morgan fingerprint density at radius 2 is 2.07 bits per heavy atom. The number of benzene rings is 1. The summed E-state index contributed by atoms with van der Waals surface area (Å²) in [6.07, 6.45) is 0. The molecule has 0 atom stereocenters. The van der Waals surface area contributed by atoms with Crippen LogP contribution in [0.2, 0.25) is 0 Å². The van der Waals surface area contributed by atoms with Gasteiger partial charge in [0.05, 0.1) is 11.0 Å². The van der Waals surface area contributed by atoms with Gasteiger partial charge in [-0.2, -0.15) is 0 Å². The third-order valence-corrected chi connectivity index (χ3v) is 2.79. The third-order valence-electron chi connectivity index (χ3n) is 2.79. The number of aryl methyl sites for hydroxylation is 2. The Kier molecular flexibility index (Phi) is 1.44. The molecule has 0 saturated heterocycles. The quantitative estimate of drug-likeness (QED) is 0.553. The smallest absolute Gasteiger partial charge is 0.276 e. The summed E-state index contributed by atoms with van der Waals surface area (Å²) in [5, 5.41) is 1.08. The second-order valence-electron chi connectivity index (χ2n) is 3.84. The van der Waals surface area contributed by atoms with E-state index in [1.165, 1.54) is 0 Å². The zero-order valence-corrected chi connectivity index (χ0v) is 8.61. The fraction of sp³-hybridized carbons (Fsp3) is 0.167. The molecule has 1 aromatic carbocycles. The van der Waals surface area contributed by atoms with Crippen molar-refractivity contribution in [1.82, 2.24) is 9.38 Å². The summed E-state index contributed by atoms with van der Waals surface area (Å²) < 4.78 is 1.74. The Morgan fingerprint density at radius 3 is 2.87 bits per heavy atom. The molecular formula is C12H10N2O. The van der Waals surface area contributed by atoms with E-state index >= 15 is 0 Å². The maximum Gasteiger partial charge on any atom is 0.276 e. The predicted octanol–water partition coefficient (Wildman–Crippen LogP) is 1.90. The predicted molar refractivity (Wildman–Crippen MR) is 59.6 cm³/mol. The average Bonchev–Trinajstić information content (AvgIpc) is 2.53. The molecule has 0 radical (unpaired) electrons. The Bertz CT molecular complexity index is 712. The average molecular weight is 198 g/mol. The molecule has 0 amide bonds. The Hall–Kier alpha value is -1.90. The fourth-order valence-corrected chi connectivity index (χ4v) is 2.12. The maximum absolute atomic E-state index is 11.9. The highest BCUT2D eigenvalue weighted by Crippen LogP contribution is 2.21. The molecule has 0 fully saturated rings. The summed E-state index contributed by atoms with van der Waals surface area (Å²) >= 11 is 0. The van der Waals surface area contributed by atoms with E-state index in [4.69, 9.17) is 0 Å². The molecule has 0 bridgehead atoms. The molecule has 2 heterocycles. The highest BCUT2D eigenvalue weighted by Gasteiger charge is 2.10. The van der Waals surface area contributed by atoms with Gasteiger partial charge in [0, 0.05) is 11.1 Å². The number of hydrogen-bond acceptors (Lipinski definition) is 2. The molecule has 0 spiro atoms. The summed E-state index contributed by atoms with van der Waals surface area (Å²) in [6.45, 7) is 3.70. The van der Waals surface area contributed by atoms with Gasteiger partial charge in [-0.3, -0.25) is 9.20 Å². The van der Waals surface area contributed by atoms with Crippen molar-refractivity contribution in [3.8, 4) is 0 Å². The second-order valence-corrected chi connectivity index (χ2v) is 3.84. The number of rotatable bonds is 0. The maximum atomic E-state index is 11.9. The van der Waals surface area contributed by atoms with Crippen LogP contribution in [0.5, 0.6) is 0 Å². The summed E-state index contributed by atoms with van der Waals surface area (Å²) in [5.41, 5.74) is 3.33. The van der Waals surface area contributed by atoms with Crippen molar-refractivity contribution < 1.29 is 0 Å². The number of para-hydroxylation sites is 1. The van der Waals surface area contributed by atoms with E-state index in [9.17, 15) is 4.79 Å². The van der Waals surface area contributed by atoms with Crippen LogP contribution >= 0.6 is 0 Å². The highest BCUT2D eigenvalue weighted by atomic mass is 16.1. The minimum atomic E-state index is -0.0128. The standard InChI is InChI=1S/C12H10N2O/c1-7-6-9-4-3-5-10-11(9)14(7)12(15)8(2)13-10/h3-6H,1-2H3. The Balaban J connectivity index is 2.79. The molecule has 15 heavy (non-hydrogen) atoms. The van der Waals surface area contributed by atoms with Gasteiger partial charge in [-0.1, -0.05) is 12.1 Å². The van der Waals surface area contributed by atoms with E-state index in [-0.39, 0.29) is 5.56 Å². The fourth-order valence-electron chi connectivity index (χ4n) is 2.12. The monoisotopic (exact) mass is 198 g/mol. The van der Waals surface area contributed by atoms with Crippen molar-refractivity contribution in [2.24, 2.45) is 0 Å². The second kappa shape index (κ2) is 2.57. The molecule has 74 valence electrons. The van der Waals surface area contributed by atoms with Crippen molar-refractivity contribution in [3.05, 3.63) is 46.0 Å². The van der Waals surface area contributed by atoms with Crippen LogP contribution in [0.3, 0.4) is 0 Å². The molecule has 3 heteroatoms. The molecule has 2 aromatic heterocycles. The van der Waals surface area contributed by atoms with Gasteiger partial charge < -0.3 is 0 Å². The SMILES string of the molecule is Cc1nc2cccc3cc(C)n(c1=O)c32. The van der Waals surface area contributed by atoms with Crippen molar-refractivity contribution >= 4 is 16.4 Å². The third kappa shape index (κ3) is 0.947.